The number of hydrogen-bond donors (Lipinski definition) is 1. The minimum atomic E-state index is -3.43. The van der Waals surface area contributed by atoms with Crippen molar-refractivity contribution in [2.75, 3.05) is 0 Å². The van der Waals surface area contributed by atoms with E-state index < -0.39 is 10.0 Å². The third-order valence-electron chi connectivity index (χ3n) is 1.40. The van der Waals surface area contributed by atoms with Crippen molar-refractivity contribution in [2.45, 2.75) is 19.6 Å². The van der Waals surface area contributed by atoms with E-state index in [4.69, 9.17) is 5.14 Å². The summed E-state index contributed by atoms with van der Waals surface area (Å²) in [4.78, 5) is 5.09. The SMILES string of the molecule is Cc1nc(CS(N)(=O)=O)sc1C. The van der Waals surface area contributed by atoms with Crippen molar-refractivity contribution in [3.05, 3.63) is 15.6 Å². The van der Waals surface area contributed by atoms with Gasteiger partial charge in [-0.25, -0.2) is 18.5 Å². The summed E-state index contributed by atoms with van der Waals surface area (Å²) in [6, 6.07) is 0. The minimum Gasteiger partial charge on any atom is -0.245 e. The maximum atomic E-state index is 10.7. The van der Waals surface area contributed by atoms with E-state index in [-0.39, 0.29) is 5.75 Å². The Labute approximate surface area is 75.5 Å². The summed E-state index contributed by atoms with van der Waals surface area (Å²) in [5, 5.41) is 5.43. The van der Waals surface area contributed by atoms with E-state index in [1.807, 2.05) is 13.8 Å². The molecule has 0 unspecified atom stereocenters. The Hall–Kier alpha value is -0.460. The van der Waals surface area contributed by atoms with Gasteiger partial charge in [-0.15, -0.1) is 11.3 Å². The summed E-state index contributed by atoms with van der Waals surface area (Å²) in [6.45, 7) is 3.75. The first-order valence-corrected chi connectivity index (χ1v) is 5.85. The molecule has 1 rings (SSSR count). The molecule has 4 nitrogen and oxygen atoms in total. The number of nitrogens with zero attached hydrogens (tertiary/aromatic N) is 1. The van der Waals surface area contributed by atoms with Crippen molar-refractivity contribution in [1.29, 1.82) is 0 Å². The normalized spacial score (nSPS) is 11.9. The number of rotatable bonds is 2. The van der Waals surface area contributed by atoms with Gasteiger partial charge in [-0.1, -0.05) is 0 Å². The fraction of sp³-hybridized carbons (Fsp3) is 0.500. The molecule has 68 valence electrons. The summed E-state index contributed by atoms with van der Waals surface area (Å²) in [5.41, 5.74) is 0.874. The lowest BCUT2D eigenvalue weighted by molar-refractivity contribution is 0.597. The van der Waals surface area contributed by atoms with Crippen LogP contribution in [0.1, 0.15) is 15.6 Å². The second-order valence-electron chi connectivity index (χ2n) is 2.56. The summed E-state index contributed by atoms with van der Waals surface area (Å²) < 4.78 is 21.3. The highest BCUT2D eigenvalue weighted by Gasteiger charge is 2.09. The van der Waals surface area contributed by atoms with E-state index >= 15 is 0 Å². The van der Waals surface area contributed by atoms with E-state index in [0.29, 0.717) is 5.01 Å². The Kier molecular flexibility index (Phi) is 2.50. The lowest BCUT2D eigenvalue weighted by Crippen LogP contribution is -2.14. The molecule has 2 N–H and O–H groups in total. The number of hydrogen-bond acceptors (Lipinski definition) is 4. The van der Waals surface area contributed by atoms with Crippen molar-refractivity contribution >= 4 is 21.4 Å². The lowest BCUT2D eigenvalue weighted by atomic mass is 10.4. The Bertz CT molecular complexity index is 361. The first-order chi connectivity index (χ1) is 5.38. The fourth-order valence-electron chi connectivity index (χ4n) is 0.773. The van der Waals surface area contributed by atoms with Crippen LogP contribution in [0.25, 0.3) is 0 Å². The second kappa shape index (κ2) is 3.12. The second-order valence-corrected chi connectivity index (χ2v) is 5.46. The van der Waals surface area contributed by atoms with Crippen LogP contribution in [-0.4, -0.2) is 13.4 Å². The van der Waals surface area contributed by atoms with Crippen LogP contribution in [0, 0.1) is 13.8 Å². The minimum absolute atomic E-state index is 0.160. The molecule has 0 amide bonds. The van der Waals surface area contributed by atoms with Crippen LogP contribution in [0.2, 0.25) is 0 Å². The molecule has 0 aliphatic rings. The van der Waals surface area contributed by atoms with E-state index in [1.54, 1.807) is 0 Å². The van der Waals surface area contributed by atoms with Gasteiger partial charge in [0, 0.05) is 4.88 Å². The quantitative estimate of drug-likeness (QED) is 0.768. The smallest absolute Gasteiger partial charge is 0.215 e. The van der Waals surface area contributed by atoms with Gasteiger partial charge in [-0.05, 0) is 13.8 Å². The van der Waals surface area contributed by atoms with Crippen molar-refractivity contribution in [2.24, 2.45) is 5.14 Å². The summed E-state index contributed by atoms with van der Waals surface area (Å²) in [6.07, 6.45) is 0. The Morgan fingerprint density at radius 2 is 2.08 bits per heavy atom. The maximum Gasteiger partial charge on any atom is 0.215 e. The molecule has 0 aliphatic heterocycles. The lowest BCUT2D eigenvalue weighted by Gasteiger charge is -1.90. The zero-order valence-corrected chi connectivity index (χ0v) is 8.50. The maximum absolute atomic E-state index is 10.7. The average Bonchev–Trinajstić information content (AvgIpc) is 2.07. The molecule has 0 aromatic carbocycles. The molecule has 0 fully saturated rings. The van der Waals surface area contributed by atoms with Gasteiger partial charge in [0.2, 0.25) is 10.0 Å². The summed E-state index contributed by atoms with van der Waals surface area (Å²) in [5.74, 6) is -0.160. The largest absolute Gasteiger partial charge is 0.245 e. The topological polar surface area (TPSA) is 73.0 Å². The van der Waals surface area contributed by atoms with E-state index in [9.17, 15) is 8.42 Å². The van der Waals surface area contributed by atoms with E-state index in [0.717, 1.165) is 10.6 Å². The molecular weight excluding hydrogens is 196 g/mol. The van der Waals surface area contributed by atoms with Crippen LogP contribution in [0.4, 0.5) is 0 Å². The van der Waals surface area contributed by atoms with Crippen molar-refractivity contribution in [1.82, 2.24) is 4.98 Å². The van der Waals surface area contributed by atoms with Crippen LogP contribution < -0.4 is 5.14 Å². The number of sulfonamides is 1. The Morgan fingerprint density at radius 1 is 1.50 bits per heavy atom. The van der Waals surface area contributed by atoms with Gasteiger partial charge in [0.05, 0.1) is 5.69 Å². The Balaban J connectivity index is 2.92. The van der Waals surface area contributed by atoms with Gasteiger partial charge < -0.3 is 0 Å². The number of aromatic nitrogens is 1. The average molecular weight is 206 g/mol. The van der Waals surface area contributed by atoms with E-state index in [1.165, 1.54) is 11.3 Å². The molecule has 12 heavy (non-hydrogen) atoms. The molecule has 1 aromatic heterocycles. The van der Waals surface area contributed by atoms with Gasteiger partial charge in [-0.3, -0.25) is 0 Å². The van der Waals surface area contributed by atoms with Crippen LogP contribution in [-0.2, 0) is 15.8 Å². The van der Waals surface area contributed by atoms with Crippen LogP contribution in [0.5, 0.6) is 0 Å². The summed E-state index contributed by atoms with van der Waals surface area (Å²) >= 11 is 1.37. The molecule has 0 spiro atoms. The van der Waals surface area contributed by atoms with Crippen molar-refractivity contribution in [3.8, 4) is 0 Å². The van der Waals surface area contributed by atoms with Gasteiger partial charge in [0.1, 0.15) is 10.8 Å². The third kappa shape index (κ3) is 2.54. The highest BCUT2D eigenvalue weighted by atomic mass is 32.2. The van der Waals surface area contributed by atoms with Crippen molar-refractivity contribution < 1.29 is 8.42 Å². The molecule has 0 saturated heterocycles. The van der Waals surface area contributed by atoms with Gasteiger partial charge in [0.25, 0.3) is 0 Å². The van der Waals surface area contributed by atoms with Crippen molar-refractivity contribution in [3.63, 3.8) is 0 Å². The van der Waals surface area contributed by atoms with Gasteiger partial charge in [-0.2, -0.15) is 0 Å². The van der Waals surface area contributed by atoms with Crippen LogP contribution in [0.3, 0.4) is 0 Å². The summed E-state index contributed by atoms with van der Waals surface area (Å²) in [7, 11) is -3.43. The standard InChI is InChI=1S/C6H10N2O2S2/c1-4-5(2)11-6(8-4)3-12(7,9)10/h3H2,1-2H3,(H2,7,9,10). The van der Waals surface area contributed by atoms with Gasteiger partial charge >= 0.3 is 0 Å². The zero-order chi connectivity index (χ0) is 9.35. The monoisotopic (exact) mass is 206 g/mol. The Morgan fingerprint density at radius 3 is 2.42 bits per heavy atom. The molecule has 0 atom stereocenters. The number of nitrogens with two attached hydrogens (primary N) is 1. The molecule has 0 radical (unpaired) electrons. The van der Waals surface area contributed by atoms with E-state index in [2.05, 4.69) is 4.98 Å². The number of aryl methyl sites for hydroxylation is 2. The third-order valence-corrected chi connectivity index (χ3v) is 3.33. The number of thiazole rings is 1. The highest BCUT2D eigenvalue weighted by molar-refractivity contribution is 7.88. The van der Waals surface area contributed by atoms with Crippen LogP contribution in [0.15, 0.2) is 0 Å². The highest BCUT2D eigenvalue weighted by Crippen LogP contribution is 2.17. The molecule has 0 bridgehead atoms. The molecule has 6 heteroatoms. The molecule has 1 heterocycles. The fourth-order valence-corrected chi connectivity index (χ4v) is 2.64. The first kappa shape index (κ1) is 9.63. The number of primary sulfonamides is 1. The first-order valence-electron chi connectivity index (χ1n) is 3.32. The van der Waals surface area contributed by atoms with Crippen LogP contribution >= 0.6 is 11.3 Å². The molecule has 1 aromatic rings. The predicted molar refractivity (Wildman–Crippen MR) is 48.4 cm³/mol. The zero-order valence-electron chi connectivity index (χ0n) is 6.86. The molecular formula is C6H10N2O2S2. The predicted octanol–water partition coefficient (Wildman–Crippen LogP) is 0.548. The molecule has 0 aliphatic carbocycles. The molecule has 0 saturated carbocycles. The van der Waals surface area contributed by atoms with Gasteiger partial charge in [0.15, 0.2) is 0 Å².